The lowest BCUT2D eigenvalue weighted by Crippen LogP contribution is -2.17. The molecule has 0 aliphatic heterocycles. The van der Waals surface area contributed by atoms with E-state index < -0.39 is 0 Å². The average Bonchev–Trinajstić information content (AvgIpc) is 2.34. The molecule has 0 spiro atoms. The zero-order valence-corrected chi connectivity index (χ0v) is 9.22. The smallest absolute Gasteiger partial charge is 0.0575 e. The molecule has 1 heterocycles. The van der Waals surface area contributed by atoms with Gasteiger partial charge in [-0.1, -0.05) is 12.1 Å². The van der Waals surface area contributed by atoms with Crippen LogP contribution < -0.4 is 11.1 Å². The number of hydrogen-bond donors (Lipinski definition) is 2. The first kappa shape index (κ1) is 10.6. The van der Waals surface area contributed by atoms with Crippen LogP contribution in [0.4, 0.5) is 5.69 Å². The summed E-state index contributed by atoms with van der Waals surface area (Å²) in [5.74, 6) is 0. The Bertz CT molecular complexity index is 436. The van der Waals surface area contributed by atoms with E-state index in [9.17, 15) is 0 Å². The van der Waals surface area contributed by atoms with E-state index >= 15 is 0 Å². The molecule has 1 aromatic heterocycles. The molecule has 0 aliphatic carbocycles. The first-order valence-corrected chi connectivity index (χ1v) is 5.24. The van der Waals surface area contributed by atoms with Gasteiger partial charge in [-0.15, -0.1) is 0 Å². The Morgan fingerprint density at radius 1 is 1.00 bits per heavy atom. The molecule has 0 aliphatic rings. The van der Waals surface area contributed by atoms with Crippen molar-refractivity contribution in [3.63, 3.8) is 0 Å². The molecule has 3 nitrogen and oxygen atoms in total. The predicted octanol–water partition coefficient (Wildman–Crippen LogP) is 1.97. The maximum Gasteiger partial charge on any atom is 0.0575 e. The maximum atomic E-state index is 5.68. The third-order valence-electron chi connectivity index (χ3n) is 2.60. The minimum atomic E-state index is 0.184. The first-order valence-electron chi connectivity index (χ1n) is 5.24. The molecule has 0 fully saturated rings. The Kier molecular flexibility index (Phi) is 3.17. The van der Waals surface area contributed by atoms with Gasteiger partial charge in [-0.2, -0.15) is 0 Å². The Labute approximate surface area is 95.3 Å². The second kappa shape index (κ2) is 4.77. The molecule has 0 bridgehead atoms. The lowest BCUT2D eigenvalue weighted by atomic mass is 10.00. The van der Waals surface area contributed by atoms with Crippen LogP contribution in [-0.4, -0.2) is 12.0 Å². The Hall–Kier alpha value is -1.87. The SMILES string of the molecule is CNC(c1ccncc1)c1ccc(N)cc1. The van der Waals surface area contributed by atoms with Gasteiger partial charge >= 0.3 is 0 Å². The molecule has 16 heavy (non-hydrogen) atoms. The van der Waals surface area contributed by atoms with Crippen molar-refractivity contribution in [1.82, 2.24) is 10.3 Å². The highest BCUT2D eigenvalue weighted by Crippen LogP contribution is 2.21. The fraction of sp³-hybridized carbons (Fsp3) is 0.154. The zero-order chi connectivity index (χ0) is 11.4. The van der Waals surface area contributed by atoms with E-state index in [0.717, 1.165) is 5.69 Å². The number of nitrogens with zero attached hydrogens (tertiary/aromatic N) is 1. The summed E-state index contributed by atoms with van der Waals surface area (Å²) in [7, 11) is 1.95. The number of rotatable bonds is 3. The first-order chi connectivity index (χ1) is 7.81. The zero-order valence-electron chi connectivity index (χ0n) is 9.22. The van der Waals surface area contributed by atoms with Gasteiger partial charge in [-0.25, -0.2) is 0 Å². The van der Waals surface area contributed by atoms with Crippen LogP contribution in [0.5, 0.6) is 0 Å². The molecular formula is C13H15N3. The van der Waals surface area contributed by atoms with Crippen LogP contribution in [0.3, 0.4) is 0 Å². The van der Waals surface area contributed by atoms with Crippen LogP contribution in [0.25, 0.3) is 0 Å². The monoisotopic (exact) mass is 213 g/mol. The summed E-state index contributed by atoms with van der Waals surface area (Å²) in [6, 6.07) is 12.1. The molecule has 82 valence electrons. The minimum absolute atomic E-state index is 0.184. The van der Waals surface area contributed by atoms with E-state index in [1.165, 1.54) is 11.1 Å². The predicted molar refractivity (Wildman–Crippen MR) is 66.0 cm³/mol. The van der Waals surface area contributed by atoms with E-state index in [1.807, 2.05) is 43.4 Å². The Balaban J connectivity index is 2.33. The van der Waals surface area contributed by atoms with Gasteiger partial charge < -0.3 is 11.1 Å². The lowest BCUT2D eigenvalue weighted by molar-refractivity contribution is 0.691. The van der Waals surface area contributed by atoms with Crippen molar-refractivity contribution < 1.29 is 0 Å². The number of anilines is 1. The normalized spacial score (nSPS) is 12.3. The van der Waals surface area contributed by atoms with Crippen molar-refractivity contribution in [3.05, 3.63) is 59.9 Å². The number of pyridine rings is 1. The maximum absolute atomic E-state index is 5.68. The van der Waals surface area contributed by atoms with Gasteiger partial charge in [0.2, 0.25) is 0 Å². The Morgan fingerprint density at radius 2 is 1.56 bits per heavy atom. The van der Waals surface area contributed by atoms with Crippen molar-refractivity contribution in [2.75, 3.05) is 12.8 Å². The number of benzene rings is 1. The van der Waals surface area contributed by atoms with Crippen LogP contribution in [0.2, 0.25) is 0 Å². The average molecular weight is 213 g/mol. The summed E-state index contributed by atoms with van der Waals surface area (Å²) in [4.78, 5) is 4.02. The molecule has 1 aromatic carbocycles. The van der Waals surface area contributed by atoms with Crippen molar-refractivity contribution in [2.24, 2.45) is 0 Å². The van der Waals surface area contributed by atoms with Gasteiger partial charge in [-0.05, 0) is 42.4 Å². The molecule has 3 heteroatoms. The van der Waals surface area contributed by atoms with Gasteiger partial charge in [0, 0.05) is 18.1 Å². The number of nitrogens with two attached hydrogens (primary N) is 1. The molecule has 0 saturated carbocycles. The number of aromatic nitrogens is 1. The molecule has 1 atom stereocenters. The minimum Gasteiger partial charge on any atom is -0.399 e. The van der Waals surface area contributed by atoms with Crippen molar-refractivity contribution in [3.8, 4) is 0 Å². The van der Waals surface area contributed by atoms with E-state index in [4.69, 9.17) is 5.73 Å². The largest absolute Gasteiger partial charge is 0.399 e. The fourth-order valence-corrected chi connectivity index (χ4v) is 1.77. The second-order valence-corrected chi connectivity index (χ2v) is 3.67. The van der Waals surface area contributed by atoms with Gasteiger partial charge in [-0.3, -0.25) is 4.98 Å². The molecule has 3 N–H and O–H groups in total. The highest BCUT2D eigenvalue weighted by Gasteiger charge is 2.10. The van der Waals surface area contributed by atoms with E-state index in [1.54, 1.807) is 12.4 Å². The third kappa shape index (κ3) is 2.20. The summed E-state index contributed by atoms with van der Waals surface area (Å²) in [6.07, 6.45) is 3.61. The van der Waals surface area contributed by atoms with Crippen LogP contribution in [0, 0.1) is 0 Å². The summed E-state index contributed by atoms with van der Waals surface area (Å²) >= 11 is 0. The van der Waals surface area contributed by atoms with Crippen molar-refractivity contribution in [2.45, 2.75) is 6.04 Å². The van der Waals surface area contributed by atoms with Gasteiger partial charge in [0.15, 0.2) is 0 Å². The fourth-order valence-electron chi connectivity index (χ4n) is 1.77. The quantitative estimate of drug-likeness (QED) is 0.766. The molecule has 0 saturated heterocycles. The molecular weight excluding hydrogens is 198 g/mol. The highest BCUT2D eigenvalue weighted by molar-refractivity contribution is 5.42. The summed E-state index contributed by atoms with van der Waals surface area (Å²) < 4.78 is 0. The van der Waals surface area contributed by atoms with Gasteiger partial charge in [0.05, 0.1) is 6.04 Å². The number of nitrogens with one attached hydrogen (secondary N) is 1. The van der Waals surface area contributed by atoms with Gasteiger partial charge in [0.25, 0.3) is 0 Å². The Morgan fingerprint density at radius 3 is 2.12 bits per heavy atom. The second-order valence-electron chi connectivity index (χ2n) is 3.67. The van der Waals surface area contributed by atoms with E-state index in [0.29, 0.717) is 0 Å². The van der Waals surface area contributed by atoms with E-state index in [2.05, 4.69) is 10.3 Å². The number of nitrogen functional groups attached to an aromatic ring is 1. The molecule has 0 amide bonds. The molecule has 0 radical (unpaired) electrons. The molecule has 2 aromatic rings. The van der Waals surface area contributed by atoms with Crippen LogP contribution in [0.1, 0.15) is 17.2 Å². The van der Waals surface area contributed by atoms with Crippen LogP contribution in [0.15, 0.2) is 48.8 Å². The van der Waals surface area contributed by atoms with E-state index in [-0.39, 0.29) is 6.04 Å². The number of hydrogen-bond acceptors (Lipinski definition) is 3. The third-order valence-corrected chi connectivity index (χ3v) is 2.60. The summed E-state index contributed by atoms with van der Waals surface area (Å²) in [6.45, 7) is 0. The molecule has 1 unspecified atom stereocenters. The highest BCUT2D eigenvalue weighted by atomic mass is 14.9. The standard InChI is InChI=1S/C13H15N3/c1-15-13(11-6-8-16-9-7-11)10-2-4-12(14)5-3-10/h2-9,13,15H,14H2,1H3. The van der Waals surface area contributed by atoms with Crippen LogP contribution in [-0.2, 0) is 0 Å². The van der Waals surface area contributed by atoms with Crippen molar-refractivity contribution in [1.29, 1.82) is 0 Å². The van der Waals surface area contributed by atoms with Crippen LogP contribution >= 0.6 is 0 Å². The van der Waals surface area contributed by atoms with Crippen molar-refractivity contribution >= 4 is 5.69 Å². The summed E-state index contributed by atoms with van der Waals surface area (Å²) in [5, 5.41) is 3.29. The topological polar surface area (TPSA) is 50.9 Å². The molecule has 2 rings (SSSR count). The van der Waals surface area contributed by atoms with Gasteiger partial charge in [0.1, 0.15) is 0 Å². The summed E-state index contributed by atoms with van der Waals surface area (Å²) in [5.41, 5.74) is 8.86. The lowest BCUT2D eigenvalue weighted by Gasteiger charge is -2.17.